The maximum absolute atomic E-state index is 12.8. The molecule has 0 aromatic heterocycles. The number of carbonyl (C=O) groups excluding carboxylic acids is 2. The summed E-state index contributed by atoms with van der Waals surface area (Å²) in [5, 5.41) is 41.0. The van der Waals surface area contributed by atoms with Gasteiger partial charge in [-0.05, 0) is 48.9 Å². The van der Waals surface area contributed by atoms with E-state index < -0.39 is 83.5 Å². The first-order valence-corrected chi connectivity index (χ1v) is 20.5. The highest BCUT2D eigenvalue weighted by Gasteiger charge is 2.54. The van der Waals surface area contributed by atoms with Gasteiger partial charge >= 0.3 is 27.6 Å². The van der Waals surface area contributed by atoms with Crippen molar-refractivity contribution >= 4 is 27.6 Å². The molecule has 0 aromatic rings. The molecule has 0 radical (unpaired) electrons. The summed E-state index contributed by atoms with van der Waals surface area (Å²) in [6.07, 6.45) is -0.814. The molecule has 0 aromatic carbocycles. The summed E-state index contributed by atoms with van der Waals surface area (Å²) in [6, 6.07) is 0. The van der Waals surface area contributed by atoms with Gasteiger partial charge in [-0.2, -0.15) is 0 Å². The predicted octanol–water partition coefficient (Wildman–Crippen LogP) is 4.28. The van der Waals surface area contributed by atoms with Crippen LogP contribution in [-0.2, 0) is 41.8 Å². The van der Waals surface area contributed by atoms with Crippen molar-refractivity contribution in [2.75, 3.05) is 13.2 Å². The van der Waals surface area contributed by atoms with Gasteiger partial charge in [-0.3, -0.25) is 18.4 Å². The van der Waals surface area contributed by atoms with Crippen LogP contribution in [-0.4, -0.2) is 103 Å². The molecule has 0 spiro atoms. The Kier molecular flexibility index (Phi) is 27.1. The molecule has 1 rings (SSSR count). The van der Waals surface area contributed by atoms with Gasteiger partial charge in [-0.1, -0.05) is 89.9 Å². The average molecular weight is 822 g/mol. The number of aliphatic hydroxyl groups is 4. The minimum atomic E-state index is -5.32. The molecule has 17 nitrogen and oxygen atoms in total. The van der Waals surface area contributed by atoms with Crippen LogP contribution in [0.3, 0.4) is 0 Å². The second kappa shape index (κ2) is 28.6. The van der Waals surface area contributed by atoms with Gasteiger partial charge in [-0.15, -0.1) is 0 Å². The SMILES string of the molecule is CC#CC#CC#CC#CC(=O)OC[C@H](COP(=O)(O)OC1C(O)[C@@H](O)C(OP(=O)(O)O)[C@@H](O)[C@H]1O)OC(=O)CCCCCCCCCCCCCCC.N.[HH].[HH].[HH].[HH].[HH].[HH].[HH]. The minimum Gasteiger partial charge on any atom is -0.456 e. The van der Waals surface area contributed by atoms with Crippen molar-refractivity contribution in [3.8, 4) is 47.4 Å². The maximum atomic E-state index is 12.8. The van der Waals surface area contributed by atoms with Crippen LogP contribution in [0.4, 0.5) is 0 Å². The molecule has 4 unspecified atom stereocenters. The summed E-state index contributed by atoms with van der Waals surface area (Å²) < 4.78 is 48.1. The van der Waals surface area contributed by atoms with Crippen LogP contribution in [0.25, 0.3) is 0 Å². The Balaban J connectivity index is -0.000000585. The molecule has 10 N–H and O–H groups in total. The van der Waals surface area contributed by atoms with Crippen LogP contribution in [0.2, 0.25) is 0 Å². The van der Waals surface area contributed by atoms with Gasteiger partial charge in [0.1, 0.15) is 43.2 Å². The lowest BCUT2D eigenvalue weighted by Gasteiger charge is -2.43. The molecular weight excluding hydrogens is 752 g/mol. The molecule has 1 fully saturated rings. The molecule has 1 saturated carbocycles. The zero-order chi connectivity index (χ0) is 39.7. The Morgan fingerprint density at radius 3 is 1.59 bits per heavy atom. The van der Waals surface area contributed by atoms with Crippen molar-refractivity contribution in [3.63, 3.8) is 0 Å². The van der Waals surface area contributed by atoms with Gasteiger partial charge in [0.15, 0.2) is 6.10 Å². The summed E-state index contributed by atoms with van der Waals surface area (Å²) in [5.41, 5.74) is 0. The minimum absolute atomic E-state index is 0. The number of hydrogen-bond acceptors (Lipinski definition) is 14. The molecule has 0 bridgehead atoms. The van der Waals surface area contributed by atoms with Gasteiger partial charge < -0.3 is 50.7 Å². The van der Waals surface area contributed by atoms with E-state index in [9.17, 15) is 44.0 Å². The number of carbonyl (C=O) groups is 2. The lowest BCUT2D eigenvalue weighted by Crippen LogP contribution is -2.64. The molecule has 1 aliphatic rings. The molecule has 1 aliphatic carbocycles. The van der Waals surface area contributed by atoms with Crippen molar-refractivity contribution in [2.45, 2.75) is 146 Å². The Hall–Kier alpha value is -2.80. The summed E-state index contributed by atoms with van der Waals surface area (Å²) in [5.74, 6) is 16.9. The topological polar surface area (TPSA) is 291 Å². The predicted molar refractivity (Wildman–Crippen MR) is 209 cm³/mol. The van der Waals surface area contributed by atoms with Crippen molar-refractivity contribution in [1.29, 1.82) is 0 Å². The highest BCUT2D eigenvalue weighted by molar-refractivity contribution is 7.47. The fraction of sp³-hybridized carbons (Fsp3) is 0.714. The molecule has 0 saturated heterocycles. The van der Waals surface area contributed by atoms with Crippen LogP contribution >= 0.6 is 15.6 Å². The van der Waals surface area contributed by atoms with Crippen LogP contribution in [0.1, 0.15) is 114 Å². The largest absolute Gasteiger partial charge is 0.472 e. The van der Waals surface area contributed by atoms with Gasteiger partial charge in [-0.25, -0.2) is 13.9 Å². The van der Waals surface area contributed by atoms with E-state index >= 15 is 0 Å². The van der Waals surface area contributed by atoms with E-state index in [1.807, 2.05) is 0 Å². The maximum Gasteiger partial charge on any atom is 0.472 e. The number of phosphoric ester groups is 2. The number of hydrogen-bond donors (Lipinski definition) is 8. The molecule has 0 amide bonds. The normalized spacial score (nSPS) is 22.1. The van der Waals surface area contributed by atoms with Crippen molar-refractivity contribution in [2.24, 2.45) is 0 Å². The summed E-state index contributed by atoms with van der Waals surface area (Å²) in [4.78, 5) is 53.0. The zero-order valence-electron chi connectivity index (χ0n) is 30.8. The van der Waals surface area contributed by atoms with Gasteiger partial charge in [0.25, 0.3) is 0 Å². The molecule has 0 heterocycles. The fourth-order valence-corrected chi connectivity index (χ4v) is 6.61. The third kappa shape index (κ3) is 23.2. The third-order valence-electron chi connectivity index (χ3n) is 7.77. The lowest BCUT2D eigenvalue weighted by molar-refractivity contribution is -0.216. The molecular formula is C35H69NO16P2. The lowest BCUT2D eigenvalue weighted by atomic mass is 9.85. The standard InChI is InChI=1S/C35H52O16P2.H3N.7H2/c1-3-5-7-9-11-12-13-14-15-16-18-20-22-24-29(37)49-27(25-47-28(36)23-21-19-17-10-8-6-4-2)26-48-53(45,46)51-35-32(40)30(38)34(31(39)33(35)41)50-52(42,43)44;;;;;;;;/h27,30-35,38-41H,3,5,7,9,11-16,18,20,22,24-26H2,1-2H3,(H,45,46)(H2,42,43,44);1H3;7*1H/t27-,30-,31+,32?,33-,34?,35?;;;;;;;;/m1......../s1. The van der Waals surface area contributed by atoms with E-state index in [1.165, 1.54) is 51.4 Å². The van der Waals surface area contributed by atoms with E-state index in [2.05, 4.69) is 58.8 Å². The van der Waals surface area contributed by atoms with Crippen LogP contribution in [0.15, 0.2) is 0 Å². The summed E-state index contributed by atoms with van der Waals surface area (Å²) in [7, 11) is -10.6. The Morgan fingerprint density at radius 2 is 1.11 bits per heavy atom. The fourth-order valence-electron chi connectivity index (χ4n) is 5.07. The monoisotopic (exact) mass is 821 g/mol. The second-order valence-corrected chi connectivity index (χ2v) is 14.8. The van der Waals surface area contributed by atoms with Crippen LogP contribution in [0, 0.1) is 47.4 Å². The van der Waals surface area contributed by atoms with Crippen molar-refractivity contribution in [3.05, 3.63) is 0 Å². The van der Waals surface area contributed by atoms with Crippen LogP contribution < -0.4 is 6.15 Å². The second-order valence-electron chi connectivity index (χ2n) is 12.2. The number of rotatable bonds is 24. The van der Waals surface area contributed by atoms with E-state index in [4.69, 9.17) is 28.3 Å². The summed E-state index contributed by atoms with van der Waals surface area (Å²) >= 11 is 0. The number of aliphatic hydroxyl groups excluding tert-OH is 4. The zero-order valence-corrected chi connectivity index (χ0v) is 32.6. The number of ether oxygens (including phenoxy) is 2. The van der Waals surface area contributed by atoms with Crippen LogP contribution in [0.5, 0.6) is 0 Å². The average Bonchev–Trinajstić information content (AvgIpc) is 3.10. The number of esters is 2. The number of phosphoric acid groups is 2. The molecule has 19 heteroatoms. The Labute approximate surface area is 327 Å². The highest BCUT2D eigenvalue weighted by atomic mass is 31.2. The van der Waals surface area contributed by atoms with E-state index in [1.54, 1.807) is 6.92 Å². The first kappa shape index (κ1) is 51.2. The van der Waals surface area contributed by atoms with E-state index in [0.29, 0.717) is 6.42 Å². The van der Waals surface area contributed by atoms with Gasteiger partial charge in [0.2, 0.25) is 0 Å². The summed E-state index contributed by atoms with van der Waals surface area (Å²) in [6.45, 7) is 2.18. The Bertz CT molecular complexity index is 1490. The molecule has 320 valence electrons. The van der Waals surface area contributed by atoms with Crippen molar-refractivity contribution < 1.29 is 86.9 Å². The Morgan fingerprint density at radius 1 is 0.667 bits per heavy atom. The first-order chi connectivity index (χ1) is 25.1. The third-order valence-corrected chi connectivity index (χ3v) is 9.27. The quantitative estimate of drug-likeness (QED) is 0.0222. The molecule has 8 atom stereocenters. The van der Waals surface area contributed by atoms with Crippen molar-refractivity contribution in [1.82, 2.24) is 6.15 Å². The highest BCUT2D eigenvalue weighted by Crippen LogP contribution is 2.48. The van der Waals surface area contributed by atoms with Gasteiger partial charge in [0, 0.05) is 22.3 Å². The first-order valence-electron chi connectivity index (χ1n) is 17.5. The van der Waals surface area contributed by atoms with E-state index in [-0.39, 0.29) is 22.6 Å². The molecule has 54 heavy (non-hydrogen) atoms. The smallest absolute Gasteiger partial charge is 0.456 e. The van der Waals surface area contributed by atoms with Gasteiger partial charge in [0.05, 0.1) is 6.61 Å². The number of unbranched alkanes of at least 4 members (excludes halogenated alkanes) is 12. The van der Waals surface area contributed by atoms with E-state index in [0.717, 1.165) is 25.7 Å². The molecule has 0 aliphatic heterocycles.